The van der Waals surface area contributed by atoms with Crippen molar-refractivity contribution in [2.24, 2.45) is 5.73 Å². The fourth-order valence-corrected chi connectivity index (χ4v) is 2.20. The molecule has 2 N–H and O–H groups in total. The van der Waals surface area contributed by atoms with E-state index in [2.05, 4.69) is 13.0 Å². The van der Waals surface area contributed by atoms with Crippen LogP contribution < -0.4 is 10.6 Å². The quantitative estimate of drug-likeness (QED) is 0.839. The molecule has 1 fully saturated rings. The molecule has 0 aliphatic carbocycles. The van der Waals surface area contributed by atoms with Crippen LogP contribution in [-0.4, -0.2) is 18.5 Å². The van der Waals surface area contributed by atoms with Gasteiger partial charge in [0.2, 0.25) is 5.91 Å². The Balaban J connectivity index is 2.29. The highest BCUT2D eigenvalue weighted by molar-refractivity contribution is 5.99. The zero-order valence-corrected chi connectivity index (χ0v) is 9.65. The Morgan fingerprint density at radius 3 is 2.81 bits per heavy atom. The van der Waals surface area contributed by atoms with Crippen molar-refractivity contribution >= 4 is 11.6 Å². The molecule has 1 heterocycles. The summed E-state index contributed by atoms with van der Waals surface area (Å²) in [6.07, 6.45) is 2.86. The second-order valence-electron chi connectivity index (χ2n) is 4.26. The molecule has 2 rings (SSSR count). The lowest BCUT2D eigenvalue weighted by atomic mass is 10.1. The van der Waals surface area contributed by atoms with Gasteiger partial charge < -0.3 is 10.6 Å². The number of hydrogen-bond acceptors (Lipinski definition) is 2. The number of benzene rings is 1. The highest BCUT2D eigenvalue weighted by Crippen LogP contribution is 2.25. The third-order valence-corrected chi connectivity index (χ3v) is 3.05. The lowest BCUT2D eigenvalue weighted by Gasteiger charge is -2.19. The van der Waals surface area contributed by atoms with Crippen molar-refractivity contribution in [3.63, 3.8) is 0 Å². The first-order valence-electron chi connectivity index (χ1n) is 5.89. The molecule has 0 bridgehead atoms. The van der Waals surface area contributed by atoms with Gasteiger partial charge in [-0.05, 0) is 24.5 Å². The maximum absolute atomic E-state index is 11.9. The van der Waals surface area contributed by atoms with Gasteiger partial charge in [-0.1, -0.05) is 31.5 Å². The Hall–Kier alpha value is -1.35. The van der Waals surface area contributed by atoms with Crippen LogP contribution in [0.15, 0.2) is 24.3 Å². The summed E-state index contributed by atoms with van der Waals surface area (Å²) in [5.41, 5.74) is 8.03. The van der Waals surface area contributed by atoms with Crippen molar-refractivity contribution in [2.45, 2.75) is 32.2 Å². The molecular formula is C13H18N2O. The van der Waals surface area contributed by atoms with Crippen LogP contribution in [0.2, 0.25) is 0 Å². The molecule has 0 saturated carbocycles. The number of nitrogens with two attached hydrogens (primary N) is 1. The number of amides is 1. The first kappa shape index (κ1) is 11.1. The molecule has 1 saturated heterocycles. The average Bonchev–Trinajstić information content (AvgIpc) is 2.61. The summed E-state index contributed by atoms with van der Waals surface area (Å²) in [4.78, 5) is 13.7. The molecule has 86 valence electrons. The van der Waals surface area contributed by atoms with Crippen molar-refractivity contribution in [3.8, 4) is 0 Å². The molecule has 1 aromatic carbocycles. The smallest absolute Gasteiger partial charge is 0.243 e. The molecule has 16 heavy (non-hydrogen) atoms. The minimum atomic E-state index is -0.310. The van der Waals surface area contributed by atoms with Crippen molar-refractivity contribution < 1.29 is 4.79 Å². The first-order valence-corrected chi connectivity index (χ1v) is 5.89. The molecule has 0 aromatic heterocycles. The van der Waals surface area contributed by atoms with Gasteiger partial charge in [0, 0.05) is 12.2 Å². The second-order valence-corrected chi connectivity index (χ2v) is 4.26. The molecule has 3 nitrogen and oxygen atoms in total. The van der Waals surface area contributed by atoms with E-state index in [0.717, 1.165) is 31.5 Å². The lowest BCUT2D eigenvalue weighted by molar-refractivity contribution is -0.118. The van der Waals surface area contributed by atoms with E-state index >= 15 is 0 Å². The molecule has 3 heteroatoms. The maximum atomic E-state index is 11.9. The van der Waals surface area contributed by atoms with E-state index < -0.39 is 0 Å². The van der Waals surface area contributed by atoms with Crippen LogP contribution in [0, 0.1) is 0 Å². The summed E-state index contributed by atoms with van der Waals surface area (Å²) in [6, 6.07) is 7.80. The van der Waals surface area contributed by atoms with E-state index in [1.807, 2.05) is 23.1 Å². The van der Waals surface area contributed by atoms with Crippen LogP contribution >= 0.6 is 0 Å². The standard InChI is InChI=1S/C13H18N2O/c1-2-5-10-6-3-4-7-12(10)15-9-8-11(14)13(15)16/h3-4,6-7,11H,2,5,8-9,14H2,1H3. The molecule has 0 radical (unpaired) electrons. The van der Waals surface area contributed by atoms with E-state index in [1.54, 1.807) is 0 Å². The predicted molar refractivity (Wildman–Crippen MR) is 65.4 cm³/mol. The number of aryl methyl sites for hydroxylation is 1. The minimum absolute atomic E-state index is 0.0588. The van der Waals surface area contributed by atoms with Crippen molar-refractivity contribution in [3.05, 3.63) is 29.8 Å². The Bertz CT molecular complexity index is 389. The SMILES string of the molecule is CCCc1ccccc1N1CCC(N)C1=O. The topological polar surface area (TPSA) is 46.3 Å². The van der Waals surface area contributed by atoms with Gasteiger partial charge in [0.25, 0.3) is 0 Å². The molecule has 1 atom stereocenters. The molecule has 1 aliphatic rings. The van der Waals surface area contributed by atoms with Gasteiger partial charge in [0.1, 0.15) is 0 Å². The van der Waals surface area contributed by atoms with Crippen LogP contribution in [0.5, 0.6) is 0 Å². The monoisotopic (exact) mass is 218 g/mol. The van der Waals surface area contributed by atoms with Gasteiger partial charge in [-0.15, -0.1) is 0 Å². The first-order chi connectivity index (χ1) is 7.74. The highest BCUT2D eigenvalue weighted by Gasteiger charge is 2.30. The van der Waals surface area contributed by atoms with Gasteiger partial charge in [-0.25, -0.2) is 0 Å². The van der Waals surface area contributed by atoms with E-state index in [4.69, 9.17) is 5.73 Å². The van der Waals surface area contributed by atoms with Crippen LogP contribution in [-0.2, 0) is 11.2 Å². The number of hydrogen-bond donors (Lipinski definition) is 1. The summed E-state index contributed by atoms with van der Waals surface area (Å²) in [6.45, 7) is 2.90. The number of para-hydroxylation sites is 1. The van der Waals surface area contributed by atoms with E-state index in [0.29, 0.717) is 0 Å². The number of nitrogens with zero attached hydrogens (tertiary/aromatic N) is 1. The van der Waals surface area contributed by atoms with Crippen LogP contribution in [0.3, 0.4) is 0 Å². The molecule has 1 aliphatic heterocycles. The zero-order chi connectivity index (χ0) is 11.5. The van der Waals surface area contributed by atoms with E-state index in [-0.39, 0.29) is 11.9 Å². The molecular weight excluding hydrogens is 200 g/mol. The molecule has 1 aromatic rings. The summed E-state index contributed by atoms with van der Waals surface area (Å²) in [7, 11) is 0. The van der Waals surface area contributed by atoms with Crippen molar-refractivity contribution in [2.75, 3.05) is 11.4 Å². The zero-order valence-electron chi connectivity index (χ0n) is 9.65. The van der Waals surface area contributed by atoms with E-state index in [1.165, 1.54) is 5.56 Å². The third-order valence-electron chi connectivity index (χ3n) is 3.05. The van der Waals surface area contributed by atoms with Gasteiger partial charge in [0.05, 0.1) is 6.04 Å². The van der Waals surface area contributed by atoms with Crippen molar-refractivity contribution in [1.29, 1.82) is 0 Å². The summed E-state index contributed by atoms with van der Waals surface area (Å²) < 4.78 is 0. The second kappa shape index (κ2) is 4.66. The number of rotatable bonds is 3. The number of anilines is 1. The average molecular weight is 218 g/mol. The van der Waals surface area contributed by atoms with E-state index in [9.17, 15) is 4.79 Å². The molecule has 1 amide bonds. The number of carbonyl (C=O) groups excluding carboxylic acids is 1. The number of carbonyl (C=O) groups is 1. The Morgan fingerprint density at radius 2 is 2.19 bits per heavy atom. The highest BCUT2D eigenvalue weighted by atomic mass is 16.2. The van der Waals surface area contributed by atoms with Gasteiger partial charge >= 0.3 is 0 Å². The maximum Gasteiger partial charge on any atom is 0.243 e. The van der Waals surface area contributed by atoms with Crippen LogP contribution in [0.25, 0.3) is 0 Å². The fraction of sp³-hybridized carbons (Fsp3) is 0.462. The molecule has 0 spiro atoms. The minimum Gasteiger partial charge on any atom is -0.320 e. The van der Waals surface area contributed by atoms with Gasteiger partial charge in [0.15, 0.2) is 0 Å². The largest absolute Gasteiger partial charge is 0.320 e. The summed E-state index contributed by atoms with van der Waals surface area (Å²) in [5.74, 6) is 0.0588. The van der Waals surface area contributed by atoms with Crippen molar-refractivity contribution in [1.82, 2.24) is 0 Å². The lowest BCUT2D eigenvalue weighted by Crippen LogP contribution is -2.34. The van der Waals surface area contributed by atoms with Crippen LogP contribution in [0.1, 0.15) is 25.3 Å². The Kier molecular flexibility index (Phi) is 3.25. The summed E-state index contributed by atoms with van der Waals surface area (Å²) in [5, 5.41) is 0. The Labute approximate surface area is 96.2 Å². The van der Waals surface area contributed by atoms with Gasteiger partial charge in [-0.2, -0.15) is 0 Å². The third kappa shape index (κ3) is 1.95. The Morgan fingerprint density at radius 1 is 1.44 bits per heavy atom. The van der Waals surface area contributed by atoms with Crippen LogP contribution in [0.4, 0.5) is 5.69 Å². The van der Waals surface area contributed by atoms with Gasteiger partial charge in [-0.3, -0.25) is 4.79 Å². The predicted octanol–water partition coefficient (Wildman–Crippen LogP) is 1.70. The summed E-state index contributed by atoms with van der Waals surface area (Å²) >= 11 is 0. The fourth-order valence-electron chi connectivity index (χ4n) is 2.20. The normalized spacial score (nSPS) is 20.5. The molecule has 1 unspecified atom stereocenters.